The molecule has 0 unspecified atom stereocenters. The van der Waals surface area contributed by atoms with Crippen LogP contribution in [0.1, 0.15) is 11.1 Å². The summed E-state index contributed by atoms with van der Waals surface area (Å²) in [6.45, 7) is 0. The van der Waals surface area contributed by atoms with Gasteiger partial charge in [-0.05, 0) is 23.3 Å². The topological polar surface area (TPSA) is 12.0 Å². The van der Waals surface area contributed by atoms with Crippen molar-refractivity contribution in [1.29, 1.82) is 0 Å². The van der Waals surface area contributed by atoms with Crippen LogP contribution < -0.4 is 5.32 Å². The van der Waals surface area contributed by atoms with E-state index < -0.39 is 0 Å². The van der Waals surface area contributed by atoms with Crippen LogP contribution >= 0.6 is 0 Å². The van der Waals surface area contributed by atoms with Crippen LogP contribution in [-0.2, 0) is 0 Å². The number of rotatable bonds is 0. The Morgan fingerprint density at radius 2 is 1.06 bits per heavy atom. The van der Waals surface area contributed by atoms with Crippen LogP contribution in [0.15, 0.2) is 48.5 Å². The number of fused-ring (bicyclic) bond motifs is 2. The molecule has 1 nitrogen and oxygen atoms in total. The Hall–Kier alpha value is -1.02. The Morgan fingerprint density at radius 3 is 1.56 bits per heavy atom. The molecular formula is C14H11NNa. The average molecular weight is 216 g/mol. The van der Waals surface area contributed by atoms with Crippen molar-refractivity contribution in [3.63, 3.8) is 0 Å². The first-order chi connectivity index (χ1) is 7.43. The number of hydrogen-bond donors (Lipinski definition) is 1. The largest absolute Gasteiger partial charge is 0.355 e. The van der Waals surface area contributed by atoms with Gasteiger partial charge in [0.2, 0.25) is 0 Å². The van der Waals surface area contributed by atoms with E-state index in [1.165, 1.54) is 22.5 Å². The maximum Gasteiger partial charge on any atom is 0.0457 e. The quantitative estimate of drug-likeness (QED) is 0.567. The Labute approximate surface area is 117 Å². The van der Waals surface area contributed by atoms with E-state index >= 15 is 0 Å². The summed E-state index contributed by atoms with van der Waals surface area (Å²) in [4.78, 5) is 0. The van der Waals surface area contributed by atoms with Crippen molar-refractivity contribution in [3.8, 4) is 0 Å². The Balaban J connectivity index is 0.000000963. The van der Waals surface area contributed by atoms with Gasteiger partial charge >= 0.3 is 0 Å². The fraction of sp³-hybridized carbons (Fsp3) is 0. The second-order valence-electron chi connectivity index (χ2n) is 3.63. The van der Waals surface area contributed by atoms with Crippen molar-refractivity contribution in [1.82, 2.24) is 0 Å². The zero-order valence-corrected chi connectivity index (χ0v) is 11.3. The summed E-state index contributed by atoms with van der Waals surface area (Å²) in [5.41, 5.74) is 4.79. The molecule has 16 heavy (non-hydrogen) atoms. The number of nitrogens with one attached hydrogen (secondary N) is 1. The maximum atomic E-state index is 3.44. The molecular weight excluding hydrogens is 205 g/mol. The molecule has 0 bridgehead atoms. The van der Waals surface area contributed by atoms with Crippen LogP contribution in [0, 0.1) is 0 Å². The number of hydrogen-bond acceptors (Lipinski definition) is 1. The molecule has 2 heteroatoms. The van der Waals surface area contributed by atoms with E-state index in [-0.39, 0.29) is 29.6 Å². The standard InChI is InChI=1S/C14H11N.Na/c1-3-7-13-11(5-1)9-10-12-6-2-4-8-14(12)15-13;/h1-10,15H;. The third kappa shape index (κ3) is 2.07. The molecule has 1 aliphatic rings. The first kappa shape index (κ1) is 11.5. The summed E-state index contributed by atoms with van der Waals surface area (Å²) in [5.74, 6) is 0. The second kappa shape index (κ2) is 4.88. The third-order valence-corrected chi connectivity index (χ3v) is 2.63. The molecule has 73 valence electrons. The number of benzene rings is 2. The Kier molecular flexibility index (Phi) is 3.49. The van der Waals surface area contributed by atoms with Crippen molar-refractivity contribution in [3.05, 3.63) is 59.7 Å². The molecule has 1 radical (unpaired) electrons. The molecule has 1 aliphatic heterocycles. The molecule has 1 N–H and O–H groups in total. The van der Waals surface area contributed by atoms with Gasteiger partial charge < -0.3 is 5.32 Å². The van der Waals surface area contributed by atoms with Gasteiger partial charge in [-0.1, -0.05) is 48.6 Å². The van der Waals surface area contributed by atoms with Crippen LogP contribution in [0.5, 0.6) is 0 Å². The smallest absolute Gasteiger partial charge is 0.0457 e. The van der Waals surface area contributed by atoms with E-state index in [2.05, 4.69) is 53.9 Å². The zero-order valence-electron chi connectivity index (χ0n) is 9.27. The summed E-state index contributed by atoms with van der Waals surface area (Å²) in [6.07, 6.45) is 4.29. The zero-order chi connectivity index (χ0) is 10.1. The van der Waals surface area contributed by atoms with E-state index in [9.17, 15) is 0 Å². The van der Waals surface area contributed by atoms with Gasteiger partial charge in [0.05, 0.1) is 0 Å². The van der Waals surface area contributed by atoms with Gasteiger partial charge in [-0.2, -0.15) is 0 Å². The SMILES string of the molecule is C1=Cc2ccccc2Nc2ccccc21.[Na]. The monoisotopic (exact) mass is 216 g/mol. The van der Waals surface area contributed by atoms with Gasteiger partial charge in [0.1, 0.15) is 0 Å². The molecule has 2 aromatic carbocycles. The normalized spacial score (nSPS) is 11.5. The summed E-state index contributed by atoms with van der Waals surface area (Å²) in [5, 5.41) is 3.44. The van der Waals surface area contributed by atoms with Gasteiger partial charge in [-0.15, -0.1) is 0 Å². The predicted octanol–water partition coefficient (Wildman–Crippen LogP) is 3.53. The van der Waals surface area contributed by atoms with Crippen LogP contribution in [-0.4, -0.2) is 29.6 Å². The Bertz CT molecular complexity index is 484. The van der Waals surface area contributed by atoms with Crippen LogP contribution in [0.25, 0.3) is 12.2 Å². The van der Waals surface area contributed by atoms with Crippen LogP contribution in [0.4, 0.5) is 11.4 Å². The Morgan fingerprint density at radius 1 is 0.625 bits per heavy atom. The minimum absolute atomic E-state index is 0. The minimum Gasteiger partial charge on any atom is -0.355 e. The molecule has 3 rings (SSSR count). The van der Waals surface area contributed by atoms with Gasteiger partial charge in [-0.25, -0.2) is 0 Å². The van der Waals surface area contributed by atoms with Crippen molar-refractivity contribution >= 4 is 53.1 Å². The van der Waals surface area contributed by atoms with E-state index in [0.29, 0.717) is 0 Å². The molecule has 0 saturated carbocycles. The van der Waals surface area contributed by atoms with Crippen molar-refractivity contribution < 1.29 is 0 Å². The molecule has 0 aromatic heterocycles. The molecule has 1 heterocycles. The number of anilines is 2. The molecule has 0 fully saturated rings. The molecule has 0 amide bonds. The molecule has 2 aromatic rings. The van der Waals surface area contributed by atoms with Crippen LogP contribution in [0.3, 0.4) is 0 Å². The number of para-hydroxylation sites is 2. The van der Waals surface area contributed by atoms with Crippen molar-refractivity contribution in [2.75, 3.05) is 5.32 Å². The summed E-state index contributed by atoms with van der Waals surface area (Å²) in [7, 11) is 0. The van der Waals surface area contributed by atoms with E-state index in [4.69, 9.17) is 0 Å². The minimum atomic E-state index is 0. The van der Waals surface area contributed by atoms with Crippen molar-refractivity contribution in [2.45, 2.75) is 0 Å². The maximum absolute atomic E-state index is 3.44. The summed E-state index contributed by atoms with van der Waals surface area (Å²) in [6, 6.07) is 16.6. The fourth-order valence-corrected chi connectivity index (χ4v) is 1.84. The first-order valence-corrected chi connectivity index (χ1v) is 5.07. The second-order valence-corrected chi connectivity index (χ2v) is 3.63. The van der Waals surface area contributed by atoms with Gasteiger partial charge in [-0.3, -0.25) is 0 Å². The van der Waals surface area contributed by atoms with Gasteiger partial charge in [0, 0.05) is 40.9 Å². The summed E-state index contributed by atoms with van der Waals surface area (Å²) >= 11 is 0. The van der Waals surface area contributed by atoms with Crippen LogP contribution in [0.2, 0.25) is 0 Å². The molecule has 0 spiro atoms. The fourth-order valence-electron chi connectivity index (χ4n) is 1.84. The van der Waals surface area contributed by atoms with Gasteiger partial charge in [0.25, 0.3) is 0 Å². The van der Waals surface area contributed by atoms with E-state index in [1.54, 1.807) is 0 Å². The third-order valence-electron chi connectivity index (χ3n) is 2.63. The van der Waals surface area contributed by atoms with Crippen molar-refractivity contribution in [2.24, 2.45) is 0 Å². The average Bonchev–Trinajstić information content (AvgIpc) is 2.48. The van der Waals surface area contributed by atoms with E-state index in [0.717, 1.165) is 0 Å². The molecule has 0 aliphatic carbocycles. The summed E-state index contributed by atoms with van der Waals surface area (Å²) < 4.78 is 0. The predicted molar refractivity (Wildman–Crippen MR) is 70.8 cm³/mol. The van der Waals surface area contributed by atoms with Gasteiger partial charge in [0.15, 0.2) is 0 Å². The molecule has 0 atom stereocenters. The molecule has 0 saturated heterocycles. The first-order valence-electron chi connectivity index (χ1n) is 5.07. The van der Waals surface area contributed by atoms with E-state index in [1.807, 2.05) is 12.1 Å².